The molecule has 0 aromatic carbocycles. The molecule has 0 aliphatic rings. The van der Waals surface area contributed by atoms with Crippen LogP contribution in [0.2, 0.25) is 0 Å². The van der Waals surface area contributed by atoms with E-state index in [1.165, 1.54) is 6.07 Å². The summed E-state index contributed by atoms with van der Waals surface area (Å²) in [5.74, 6) is 0. The van der Waals surface area contributed by atoms with Crippen LogP contribution in [0.4, 0.5) is 8.78 Å². The Hall–Kier alpha value is 0.180. The second kappa shape index (κ2) is 5.32. The minimum atomic E-state index is -2.55. The van der Waals surface area contributed by atoms with Crippen molar-refractivity contribution in [3.8, 4) is 0 Å². The van der Waals surface area contributed by atoms with Crippen molar-refractivity contribution >= 4 is 38.5 Å². The Balaban J connectivity index is 3.23. The first kappa shape index (κ1) is 12.3. The van der Waals surface area contributed by atoms with Crippen molar-refractivity contribution in [2.75, 3.05) is 0 Å². The first-order valence-corrected chi connectivity index (χ1v) is 5.93. The van der Waals surface area contributed by atoms with Gasteiger partial charge < -0.3 is 5.11 Å². The van der Waals surface area contributed by atoms with Gasteiger partial charge in [-0.05, 0) is 28.7 Å². The predicted octanol–water partition coefficient (Wildman–Crippen LogP) is 3.01. The van der Waals surface area contributed by atoms with Crippen molar-refractivity contribution in [3.63, 3.8) is 0 Å². The largest absolute Gasteiger partial charge is 0.392 e. The van der Waals surface area contributed by atoms with Crippen LogP contribution >= 0.6 is 38.5 Å². The van der Waals surface area contributed by atoms with Crippen molar-refractivity contribution in [1.29, 1.82) is 0 Å². The Labute approximate surface area is 102 Å². The maximum absolute atomic E-state index is 12.4. The SMILES string of the molecule is OCc1cc(C(F)F)c(I)nc1CBr. The number of hydrogen-bond donors (Lipinski definition) is 1. The van der Waals surface area contributed by atoms with E-state index in [1.807, 2.05) is 0 Å². The fourth-order valence-corrected chi connectivity index (χ4v) is 2.16. The molecule has 0 aliphatic heterocycles. The second-order valence-corrected chi connectivity index (χ2v) is 4.15. The first-order chi connectivity index (χ1) is 6.60. The number of aromatic nitrogens is 1. The van der Waals surface area contributed by atoms with E-state index in [9.17, 15) is 8.78 Å². The van der Waals surface area contributed by atoms with E-state index in [0.717, 1.165) is 0 Å². The van der Waals surface area contributed by atoms with E-state index in [4.69, 9.17) is 5.11 Å². The van der Waals surface area contributed by atoms with Gasteiger partial charge in [0.05, 0.1) is 17.9 Å². The third-order valence-corrected chi connectivity index (χ3v) is 3.10. The molecule has 6 heteroatoms. The molecule has 0 radical (unpaired) electrons. The van der Waals surface area contributed by atoms with Gasteiger partial charge in [0.25, 0.3) is 6.43 Å². The average molecular weight is 378 g/mol. The van der Waals surface area contributed by atoms with E-state index in [-0.39, 0.29) is 15.9 Å². The summed E-state index contributed by atoms with van der Waals surface area (Å²) in [6, 6.07) is 1.30. The lowest BCUT2D eigenvalue weighted by molar-refractivity contribution is 0.149. The molecule has 0 aliphatic carbocycles. The van der Waals surface area contributed by atoms with E-state index in [2.05, 4.69) is 20.9 Å². The fraction of sp³-hybridized carbons (Fsp3) is 0.375. The molecule has 1 heterocycles. The highest BCUT2D eigenvalue weighted by molar-refractivity contribution is 14.1. The highest BCUT2D eigenvalue weighted by Crippen LogP contribution is 2.26. The number of rotatable bonds is 3. The molecule has 1 aromatic heterocycles. The Bertz CT molecular complexity index is 335. The highest BCUT2D eigenvalue weighted by Gasteiger charge is 2.15. The minimum absolute atomic E-state index is 0.126. The summed E-state index contributed by atoms with van der Waals surface area (Å²) in [4.78, 5) is 3.98. The van der Waals surface area contributed by atoms with E-state index in [0.29, 0.717) is 16.6 Å². The first-order valence-electron chi connectivity index (χ1n) is 3.73. The minimum Gasteiger partial charge on any atom is -0.392 e. The van der Waals surface area contributed by atoms with Gasteiger partial charge in [-0.1, -0.05) is 15.9 Å². The van der Waals surface area contributed by atoms with Crippen molar-refractivity contribution in [2.45, 2.75) is 18.4 Å². The van der Waals surface area contributed by atoms with Gasteiger partial charge in [0.15, 0.2) is 0 Å². The topological polar surface area (TPSA) is 33.1 Å². The highest BCUT2D eigenvalue weighted by atomic mass is 127. The van der Waals surface area contributed by atoms with Crippen LogP contribution in [0.1, 0.15) is 23.2 Å². The van der Waals surface area contributed by atoms with E-state index in [1.54, 1.807) is 22.6 Å². The lowest BCUT2D eigenvalue weighted by Gasteiger charge is -2.08. The number of nitrogens with zero attached hydrogens (tertiary/aromatic N) is 1. The van der Waals surface area contributed by atoms with Crippen LogP contribution < -0.4 is 0 Å². The van der Waals surface area contributed by atoms with Crippen molar-refractivity contribution in [1.82, 2.24) is 4.98 Å². The average Bonchev–Trinajstić information content (AvgIpc) is 2.16. The van der Waals surface area contributed by atoms with E-state index < -0.39 is 6.43 Å². The van der Waals surface area contributed by atoms with E-state index >= 15 is 0 Å². The van der Waals surface area contributed by atoms with Gasteiger partial charge in [-0.3, -0.25) is 0 Å². The lowest BCUT2D eigenvalue weighted by atomic mass is 10.1. The van der Waals surface area contributed by atoms with Gasteiger partial charge in [-0.15, -0.1) is 0 Å². The molecule has 0 amide bonds. The zero-order valence-corrected chi connectivity index (χ0v) is 10.7. The molecule has 1 N–H and O–H groups in total. The number of alkyl halides is 3. The number of aliphatic hydroxyl groups excluding tert-OH is 1. The molecule has 0 fully saturated rings. The molecule has 0 unspecified atom stereocenters. The summed E-state index contributed by atoms with van der Waals surface area (Å²) in [7, 11) is 0. The van der Waals surface area contributed by atoms with Crippen LogP contribution in [-0.2, 0) is 11.9 Å². The molecular weight excluding hydrogens is 371 g/mol. The molecule has 1 aromatic rings. The molecule has 0 spiro atoms. The summed E-state index contributed by atoms with van der Waals surface area (Å²) in [5, 5.41) is 9.39. The molecule has 14 heavy (non-hydrogen) atoms. The number of hydrogen-bond acceptors (Lipinski definition) is 2. The fourth-order valence-electron chi connectivity index (χ4n) is 0.991. The molecule has 78 valence electrons. The number of halogens is 4. The standard InChI is InChI=1S/C8H7BrF2INO/c9-2-6-4(3-14)1-5(7(10)11)8(12)13-6/h1,7,14H,2-3H2. The summed E-state index contributed by atoms with van der Waals surface area (Å²) >= 11 is 4.94. The monoisotopic (exact) mass is 377 g/mol. The van der Waals surface area contributed by atoms with Crippen LogP contribution in [0.5, 0.6) is 0 Å². The van der Waals surface area contributed by atoms with Crippen molar-refractivity contribution in [3.05, 3.63) is 26.6 Å². The lowest BCUT2D eigenvalue weighted by Crippen LogP contribution is -2.02. The van der Waals surface area contributed by atoms with Crippen LogP contribution in [0.3, 0.4) is 0 Å². The molecule has 0 saturated heterocycles. The summed E-state index contributed by atoms with van der Waals surface area (Å²) in [6.45, 7) is -0.273. The summed E-state index contributed by atoms with van der Waals surface area (Å²) < 4.78 is 25.2. The van der Waals surface area contributed by atoms with Crippen LogP contribution in [0.25, 0.3) is 0 Å². The Kier molecular flexibility index (Phi) is 4.65. The van der Waals surface area contributed by atoms with Crippen LogP contribution in [-0.4, -0.2) is 10.1 Å². The Morgan fingerprint density at radius 1 is 1.57 bits per heavy atom. The van der Waals surface area contributed by atoms with Crippen LogP contribution in [0.15, 0.2) is 6.07 Å². The smallest absolute Gasteiger partial charge is 0.266 e. The van der Waals surface area contributed by atoms with Crippen molar-refractivity contribution < 1.29 is 13.9 Å². The summed E-state index contributed by atoms with van der Waals surface area (Å²) in [6.07, 6.45) is -2.55. The molecule has 1 rings (SSSR count). The van der Waals surface area contributed by atoms with Gasteiger partial charge in [0.1, 0.15) is 3.70 Å². The molecule has 0 atom stereocenters. The quantitative estimate of drug-likeness (QED) is 0.499. The zero-order valence-electron chi connectivity index (χ0n) is 6.98. The maximum Gasteiger partial charge on any atom is 0.266 e. The second-order valence-electron chi connectivity index (χ2n) is 2.57. The molecular formula is C8H7BrF2INO. The van der Waals surface area contributed by atoms with Gasteiger partial charge in [0, 0.05) is 10.9 Å². The third-order valence-electron chi connectivity index (χ3n) is 1.70. The summed E-state index contributed by atoms with van der Waals surface area (Å²) in [5.41, 5.74) is 0.915. The molecule has 0 saturated carbocycles. The van der Waals surface area contributed by atoms with Gasteiger partial charge in [-0.2, -0.15) is 0 Å². The van der Waals surface area contributed by atoms with Gasteiger partial charge in [-0.25, -0.2) is 13.8 Å². The number of pyridine rings is 1. The normalized spacial score (nSPS) is 11.0. The van der Waals surface area contributed by atoms with Gasteiger partial charge in [0.2, 0.25) is 0 Å². The van der Waals surface area contributed by atoms with Gasteiger partial charge >= 0.3 is 0 Å². The third kappa shape index (κ3) is 2.60. The Morgan fingerprint density at radius 3 is 2.64 bits per heavy atom. The molecule has 0 bridgehead atoms. The Morgan fingerprint density at radius 2 is 2.21 bits per heavy atom. The van der Waals surface area contributed by atoms with Crippen LogP contribution in [0, 0.1) is 3.70 Å². The van der Waals surface area contributed by atoms with Crippen molar-refractivity contribution in [2.24, 2.45) is 0 Å². The zero-order chi connectivity index (χ0) is 10.7. The maximum atomic E-state index is 12.4. The number of aliphatic hydroxyl groups is 1. The molecule has 2 nitrogen and oxygen atoms in total. The predicted molar refractivity (Wildman–Crippen MR) is 60.5 cm³/mol.